The summed E-state index contributed by atoms with van der Waals surface area (Å²) in [6.45, 7) is 3.59. The summed E-state index contributed by atoms with van der Waals surface area (Å²) in [5.74, 6) is -4.41. The Morgan fingerprint density at radius 3 is 2.02 bits per heavy atom. The second kappa shape index (κ2) is 16.5. The van der Waals surface area contributed by atoms with Gasteiger partial charge < -0.3 is 31.1 Å². The molecule has 258 valence electrons. The van der Waals surface area contributed by atoms with Gasteiger partial charge in [-0.3, -0.25) is 19.2 Å². The predicted octanol–water partition coefficient (Wildman–Crippen LogP) is 3.04. The van der Waals surface area contributed by atoms with Gasteiger partial charge in [0.05, 0.1) is 0 Å². The van der Waals surface area contributed by atoms with Gasteiger partial charge in [-0.15, -0.1) is 11.3 Å². The van der Waals surface area contributed by atoms with Crippen molar-refractivity contribution in [3.8, 4) is 5.75 Å². The number of amides is 4. The molecule has 4 unspecified atom stereocenters. The number of halogens is 1. The first kappa shape index (κ1) is 35.5. The van der Waals surface area contributed by atoms with E-state index in [9.17, 15) is 33.5 Å². The predicted molar refractivity (Wildman–Crippen MR) is 185 cm³/mol. The van der Waals surface area contributed by atoms with Gasteiger partial charge in [0.15, 0.2) is 6.61 Å². The molecule has 4 amide bonds. The molecule has 0 spiro atoms. The number of nitrogens with one attached hydrogen (secondary N) is 4. The molecule has 1 aromatic heterocycles. The second-order valence-corrected chi connectivity index (χ2v) is 12.6. The van der Waals surface area contributed by atoms with Crippen LogP contribution in [0.3, 0.4) is 0 Å². The highest BCUT2D eigenvalue weighted by Crippen LogP contribution is 2.23. The van der Waals surface area contributed by atoms with Gasteiger partial charge in [0.2, 0.25) is 17.7 Å². The normalized spacial score (nSPS) is 20.5. The molecular formula is C37H35FN4O7S. The molecule has 5 N–H and O–H groups in total. The number of rotatable bonds is 7. The Hall–Kier alpha value is -5.82. The highest BCUT2D eigenvalue weighted by Gasteiger charge is 2.33. The Labute approximate surface area is 291 Å². The molecular weight excluding hydrogens is 663 g/mol. The number of carboxylic acid groups (broad SMARTS) is 1. The van der Waals surface area contributed by atoms with Crippen LogP contribution in [0.4, 0.5) is 4.39 Å². The first-order valence-electron chi connectivity index (χ1n) is 15.7. The van der Waals surface area contributed by atoms with Gasteiger partial charge >= 0.3 is 5.97 Å². The molecule has 50 heavy (non-hydrogen) atoms. The Balaban J connectivity index is 1.52. The van der Waals surface area contributed by atoms with Crippen LogP contribution in [0.1, 0.15) is 21.6 Å². The maximum absolute atomic E-state index is 14.1. The van der Waals surface area contributed by atoms with Gasteiger partial charge in [0.1, 0.15) is 35.7 Å². The minimum Gasteiger partial charge on any atom is -0.484 e. The molecule has 0 aliphatic carbocycles. The largest absolute Gasteiger partial charge is 0.484 e. The zero-order valence-corrected chi connectivity index (χ0v) is 27.6. The highest BCUT2D eigenvalue weighted by molar-refractivity contribution is 7.11. The molecule has 0 saturated carbocycles. The van der Waals surface area contributed by atoms with Gasteiger partial charge in [-0.1, -0.05) is 67.2 Å². The summed E-state index contributed by atoms with van der Waals surface area (Å²) in [6, 6.07) is 18.8. The minimum absolute atomic E-state index is 0.00185. The number of ether oxygens (including phenoxy) is 1. The summed E-state index contributed by atoms with van der Waals surface area (Å²) in [5.41, 5.74) is 2.01. The first-order valence-corrected chi connectivity index (χ1v) is 16.6. The van der Waals surface area contributed by atoms with Crippen LogP contribution >= 0.6 is 11.3 Å². The number of carbonyl (C=O) groups excluding carboxylic acids is 4. The second-order valence-electron chi connectivity index (χ2n) is 11.7. The van der Waals surface area contributed by atoms with Gasteiger partial charge in [-0.25, -0.2) is 9.18 Å². The van der Waals surface area contributed by atoms with Crippen LogP contribution in [-0.4, -0.2) is 65.5 Å². The summed E-state index contributed by atoms with van der Waals surface area (Å²) in [4.78, 5) is 67.8. The number of hydrogen-bond acceptors (Lipinski definition) is 7. The van der Waals surface area contributed by atoms with E-state index in [-0.39, 0.29) is 24.8 Å². The lowest BCUT2D eigenvalue weighted by molar-refractivity contribution is -0.142. The summed E-state index contributed by atoms with van der Waals surface area (Å²) < 4.78 is 19.4. The molecule has 11 nitrogen and oxygen atoms in total. The average Bonchev–Trinajstić information content (AvgIpc) is 3.65. The van der Waals surface area contributed by atoms with Crippen LogP contribution < -0.4 is 26.0 Å². The van der Waals surface area contributed by atoms with Crippen molar-refractivity contribution in [2.24, 2.45) is 0 Å². The number of aliphatic carboxylic acids is 1. The van der Waals surface area contributed by atoms with E-state index in [2.05, 4.69) is 27.8 Å². The van der Waals surface area contributed by atoms with E-state index in [1.165, 1.54) is 35.6 Å². The van der Waals surface area contributed by atoms with Crippen molar-refractivity contribution in [1.29, 1.82) is 0 Å². The maximum Gasteiger partial charge on any atom is 0.326 e. The quantitative estimate of drug-likeness (QED) is 0.185. The Bertz CT molecular complexity index is 1830. The zero-order chi connectivity index (χ0) is 35.6. The molecule has 13 heteroatoms. The highest BCUT2D eigenvalue weighted by atomic mass is 32.1. The summed E-state index contributed by atoms with van der Waals surface area (Å²) >= 11 is 1.30. The van der Waals surface area contributed by atoms with Gasteiger partial charge in [-0.2, -0.15) is 0 Å². The third kappa shape index (κ3) is 9.63. The molecule has 0 fully saturated rings. The topological polar surface area (TPSA) is 163 Å². The van der Waals surface area contributed by atoms with Crippen LogP contribution in [0, 0.1) is 5.82 Å². The summed E-state index contributed by atoms with van der Waals surface area (Å²) in [6.07, 6.45) is -0.190. The van der Waals surface area contributed by atoms with Gasteiger partial charge in [-0.05, 0) is 58.0 Å². The molecule has 2 aliphatic rings. The summed E-state index contributed by atoms with van der Waals surface area (Å²) in [5, 5.41) is 22.4. The van der Waals surface area contributed by atoms with E-state index in [1.807, 2.05) is 0 Å². The molecule has 2 aliphatic heterocycles. The lowest BCUT2D eigenvalue weighted by Gasteiger charge is -2.27. The Morgan fingerprint density at radius 1 is 0.780 bits per heavy atom. The van der Waals surface area contributed by atoms with Crippen molar-refractivity contribution in [1.82, 2.24) is 21.3 Å². The number of hydrogen-bond donors (Lipinski definition) is 5. The van der Waals surface area contributed by atoms with Crippen LogP contribution in [0.5, 0.6) is 5.75 Å². The third-order valence-corrected chi connectivity index (χ3v) is 8.95. The Kier molecular flexibility index (Phi) is 11.7. The molecule has 6 rings (SSSR count). The number of fused-ring (bicyclic) bond motifs is 16. The first-order chi connectivity index (χ1) is 24.0. The van der Waals surface area contributed by atoms with Crippen molar-refractivity contribution in [3.63, 3.8) is 0 Å². The lowest BCUT2D eigenvalue weighted by Crippen LogP contribution is -2.59. The molecule has 0 saturated heterocycles. The molecule has 0 radical (unpaired) electrons. The van der Waals surface area contributed by atoms with Gasteiger partial charge in [0, 0.05) is 24.1 Å². The van der Waals surface area contributed by atoms with Crippen molar-refractivity contribution in [2.45, 2.75) is 43.4 Å². The molecule has 4 aromatic rings. The third-order valence-electron chi connectivity index (χ3n) is 8.00. The number of benzene rings is 3. The van der Waals surface area contributed by atoms with Crippen molar-refractivity contribution in [3.05, 3.63) is 130 Å². The SMILES string of the molecule is C=C(c1cccs1)C1NC(=O)COc2ccc(cc2)CC(C(=O)O)NC(=O)C(Cc2ccccc2)NC(=O)C(Cc2ccc(F)cc2)NC1=O. The molecule has 4 atom stereocenters. The van der Waals surface area contributed by atoms with Gasteiger partial charge in [0.25, 0.3) is 5.91 Å². The number of thiophene rings is 1. The van der Waals surface area contributed by atoms with E-state index < -0.39 is 66.2 Å². The van der Waals surface area contributed by atoms with Crippen molar-refractivity contribution in [2.75, 3.05) is 6.61 Å². The van der Waals surface area contributed by atoms with E-state index in [4.69, 9.17) is 4.74 Å². The Morgan fingerprint density at radius 2 is 1.40 bits per heavy atom. The number of carbonyl (C=O) groups is 5. The minimum atomic E-state index is -1.35. The fraction of sp³-hybridized carbons (Fsp3) is 0.216. The van der Waals surface area contributed by atoms with Crippen LogP contribution in [-0.2, 0) is 43.2 Å². The van der Waals surface area contributed by atoms with Crippen LogP contribution in [0.25, 0.3) is 5.57 Å². The van der Waals surface area contributed by atoms with Crippen molar-refractivity contribution >= 4 is 46.5 Å². The van der Waals surface area contributed by atoms with E-state index in [0.29, 0.717) is 27.3 Å². The van der Waals surface area contributed by atoms with E-state index >= 15 is 0 Å². The fourth-order valence-corrected chi connectivity index (χ4v) is 6.08. The smallest absolute Gasteiger partial charge is 0.326 e. The zero-order valence-electron chi connectivity index (χ0n) is 26.8. The van der Waals surface area contributed by atoms with Crippen molar-refractivity contribution < 1.29 is 38.2 Å². The average molecular weight is 699 g/mol. The maximum atomic E-state index is 14.1. The summed E-state index contributed by atoms with van der Waals surface area (Å²) in [7, 11) is 0. The van der Waals surface area contributed by atoms with E-state index in [0.717, 1.165) is 0 Å². The van der Waals surface area contributed by atoms with E-state index in [1.54, 1.807) is 72.1 Å². The van der Waals surface area contributed by atoms with Crippen LogP contribution in [0.15, 0.2) is 103 Å². The monoisotopic (exact) mass is 698 g/mol. The standard InChI is InChI=1S/C37H35FN4O7S/c1-22(31-8-5-17-50-31)33-36(46)40-29(19-24-9-13-26(38)14-10-24)34(44)39-28(18-23-6-3-2-4-7-23)35(45)41-30(37(47)48)20-25-11-15-27(16-12-25)49-21-32(43)42-33/h2-17,28-30,33H,1,18-21H2,(H,39,44)(H,40,46)(H,41,45)(H,42,43)(H,47,48). The number of carboxylic acids is 1. The molecule has 2 bridgehead atoms. The lowest BCUT2D eigenvalue weighted by atomic mass is 10.0. The fourth-order valence-electron chi connectivity index (χ4n) is 5.35. The molecule has 3 aromatic carbocycles. The molecule has 3 heterocycles. The van der Waals surface area contributed by atoms with Crippen LogP contribution in [0.2, 0.25) is 0 Å².